The summed E-state index contributed by atoms with van der Waals surface area (Å²) in [6.45, 7) is 4.55. The van der Waals surface area contributed by atoms with Gasteiger partial charge in [0.25, 0.3) is 0 Å². The first kappa shape index (κ1) is 26.8. The van der Waals surface area contributed by atoms with Gasteiger partial charge in [0.05, 0.1) is 18.7 Å². The first-order valence-corrected chi connectivity index (χ1v) is 11.1. The van der Waals surface area contributed by atoms with Crippen LogP contribution in [0, 0.1) is 5.92 Å². The van der Waals surface area contributed by atoms with E-state index in [1.54, 1.807) is 6.20 Å². The summed E-state index contributed by atoms with van der Waals surface area (Å²) in [5.74, 6) is -3.14. The molecule has 2 aromatic rings. The smallest absolute Gasteiger partial charge is 0.328 e. The number of carbonyl (C=O) groups is 4. The molecule has 0 aliphatic carbocycles. The molecule has 1 aromatic carbocycles. The number of nitrogens with one attached hydrogen (secondary N) is 4. The number of hydrogen-bond donors (Lipinski definition) is 7. The van der Waals surface area contributed by atoms with E-state index >= 15 is 0 Å². The standard InChI is InChI=1S/C23H33N5O6/c1-12(2)8-16(24)21(31)27-18(9-14-10-25-17-7-5-4-6-15(14)17)22(32)26-11-19(30)28-20(13(3)29)23(33)34/h4-7,10,12-13,16,18,20,25,29H,8-9,11,24H2,1-3H3,(H,26,32)(H,27,31)(H,28,30)(H,33,34). The van der Waals surface area contributed by atoms with Gasteiger partial charge in [-0.3, -0.25) is 14.4 Å². The van der Waals surface area contributed by atoms with E-state index in [1.807, 2.05) is 38.1 Å². The van der Waals surface area contributed by atoms with Gasteiger partial charge in [-0.25, -0.2) is 4.79 Å². The molecule has 11 heteroatoms. The third-order valence-corrected chi connectivity index (χ3v) is 5.28. The molecule has 0 saturated carbocycles. The van der Waals surface area contributed by atoms with Gasteiger partial charge in [0.1, 0.15) is 6.04 Å². The van der Waals surface area contributed by atoms with Gasteiger partial charge >= 0.3 is 5.97 Å². The van der Waals surface area contributed by atoms with Crippen molar-refractivity contribution in [1.29, 1.82) is 0 Å². The van der Waals surface area contributed by atoms with Crippen LogP contribution in [0.25, 0.3) is 10.9 Å². The van der Waals surface area contributed by atoms with E-state index in [4.69, 9.17) is 10.8 Å². The minimum atomic E-state index is -1.51. The van der Waals surface area contributed by atoms with Crippen molar-refractivity contribution in [2.24, 2.45) is 11.7 Å². The Morgan fingerprint density at radius 2 is 1.74 bits per heavy atom. The molecule has 0 saturated heterocycles. The molecular weight excluding hydrogens is 442 g/mol. The minimum Gasteiger partial charge on any atom is -0.480 e. The van der Waals surface area contributed by atoms with Gasteiger partial charge in [-0.05, 0) is 30.9 Å². The number of carbonyl (C=O) groups excluding carboxylic acids is 3. The van der Waals surface area contributed by atoms with Crippen LogP contribution in [0.15, 0.2) is 30.5 Å². The fourth-order valence-electron chi connectivity index (χ4n) is 3.53. The Hall–Kier alpha value is -3.44. The van der Waals surface area contributed by atoms with Crippen LogP contribution in [0.3, 0.4) is 0 Å². The Balaban J connectivity index is 2.12. The molecule has 11 nitrogen and oxygen atoms in total. The summed E-state index contributed by atoms with van der Waals surface area (Å²) in [6.07, 6.45) is 1.00. The highest BCUT2D eigenvalue weighted by Gasteiger charge is 2.28. The number of aromatic amines is 1. The van der Waals surface area contributed by atoms with Crippen LogP contribution in [-0.4, -0.2) is 69.7 Å². The van der Waals surface area contributed by atoms with Gasteiger partial charge in [-0.1, -0.05) is 32.0 Å². The Kier molecular flexibility index (Phi) is 9.58. The number of nitrogens with two attached hydrogens (primary N) is 1. The number of H-pyrrole nitrogens is 1. The zero-order valence-corrected chi connectivity index (χ0v) is 19.5. The summed E-state index contributed by atoms with van der Waals surface area (Å²) in [5, 5.41) is 26.7. The van der Waals surface area contributed by atoms with Crippen LogP contribution in [0.5, 0.6) is 0 Å². The maximum Gasteiger partial charge on any atom is 0.328 e. The highest BCUT2D eigenvalue weighted by atomic mass is 16.4. The molecule has 4 atom stereocenters. The first-order chi connectivity index (χ1) is 16.0. The number of rotatable bonds is 12. The summed E-state index contributed by atoms with van der Waals surface area (Å²) in [4.78, 5) is 51.9. The zero-order chi connectivity index (χ0) is 25.4. The number of carboxylic acid groups (broad SMARTS) is 1. The average molecular weight is 476 g/mol. The number of aliphatic carboxylic acids is 1. The second-order valence-electron chi connectivity index (χ2n) is 8.70. The molecule has 1 aromatic heterocycles. The molecule has 1 heterocycles. The highest BCUT2D eigenvalue weighted by molar-refractivity contribution is 5.93. The lowest BCUT2D eigenvalue weighted by Gasteiger charge is -2.22. The van der Waals surface area contributed by atoms with Gasteiger partial charge in [-0.2, -0.15) is 0 Å². The van der Waals surface area contributed by atoms with Crippen LogP contribution in [-0.2, 0) is 25.6 Å². The Labute approximate surface area is 197 Å². The fourth-order valence-corrected chi connectivity index (χ4v) is 3.53. The maximum absolute atomic E-state index is 12.9. The topological polar surface area (TPSA) is 187 Å². The monoisotopic (exact) mass is 475 g/mol. The van der Waals surface area contributed by atoms with Crippen LogP contribution < -0.4 is 21.7 Å². The summed E-state index contributed by atoms with van der Waals surface area (Å²) in [5.41, 5.74) is 7.63. The highest BCUT2D eigenvalue weighted by Crippen LogP contribution is 2.19. The van der Waals surface area contributed by atoms with E-state index in [9.17, 15) is 24.3 Å². The molecule has 3 amide bonds. The van der Waals surface area contributed by atoms with Gasteiger partial charge in [0.2, 0.25) is 17.7 Å². The second kappa shape index (κ2) is 12.1. The molecule has 0 bridgehead atoms. The average Bonchev–Trinajstić information content (AvgIpc) is 3.17. The van der Waals surface area contributed by atoms with Crippen molar-refractivity contribution in [2.75, 3.05) is 6.54 Å². The molecule has 0 spiro atoms. The van der Waals surface area contributed by atoms with Gasteiger partial charge in [0, 0.05) is 23.5 Å². The number of amides is 3. The lowest BCUT2D eigenvalue weighted by atomic mass is 10.0. The Morgan fingerprint density at radius 1 is 1.06 bits per heavy atom. The predicted octanol–water partition coefficient (Wildman–Crippen LogP) is -0.365. The largest absolute Gasteiger partial charge is 0.480 e. The van der Waals surface area contributed by atoms with Crippen LogP contribution in [0.1, 0.15) is 32.8 Å². The summed E-state index contributed by atoms with van der Waals surface area (Å²) < 4.78 is 0. The van der Waals surface area contributed by atoms with Gasteiger partial charge in [0.15, 0.2) is 6.04 Å². The van der Waals surface area contributed by atoms with Crippen molar-refractivity contribution in [2.45, 2.75) is 57.8 Å². The third kappa shape index (κ3) is 7.56. The molecule has 2 rings (SSSR count). The molecule has 4 unspecified atom stereocenters. The van der Waals surface area contributed by atoms with Gasteiger partial charge in [-0.15, -0.1) is 0 Å². The lowest BCUT2D eigenvalue weighted by molar-refractivity contribution is -0.144. The maximum atomic E-state index is 12.9. The minimum absolute atomic E-state index is 0.142. The van der Waals surface area contributed by atoms with Gasteiger partial charge < -0.3 is 36.9 Å². The fraction of sp³-hybridized carbons (Fsp3) is 0.478. The van der Waals surface area contributed by atoms with Crippen molar-refractivity contribution in [1.82, 2.24) is 20.9 Å². The molecule has 8 N–H and O–H groups in total. The van der Waals surface area contributed by atoms with E-state index in [1.165, 1.54) is 6.92 Å². The number of aliphatic hydroxyl groups is 1. The number of aromatic nitrogens is 1. The molecule has 0 radical (unpaired) electrons. The van der Waals surface area contributed by atoms with E-state index in [2.05, 4.69) is 20.9 Å². The van der Waals surface area contributed by atoms with E-state index in [-0.39, 0.29) is 12.3 Å². The molecule has 0 aliphatic rings. The molecule has 186 valence electrons. The number of aliphatic hydroxyl groups excluding tert-OH is 1. The molecule has 0 aliphatic heterocycles. The summed E-state index contributed by atoms with van der Waals surface area (Å²) in [6, 6.07) is 4.16. The number of hydrogen-bond acceptors (Lipinski definition) is 6. The van der Waals surface area contributed by atoms with Crippen molar-refractivity contribution >= 4 is 34.6 Å². The third-order valence-electron chi connectivity index (χ3n) is 5.28. The van der Waals surface area contributed by atoms with E-state index < -0.39 is 54.5 Å². The van der Waals surface area contributed by atoms with Crippen LogP contribution >= 0.6 is 0 Å². The van der Waals surface area contributed by atoms with Crippen molar-refractivity contribution < 1.29 is 29.4 Å². The normalized spacial score (nSPS) is 14.8. The first-order valence-electron chi connectivity index (χ1n) is 11.1. The number of para-hydroxylation sites is 1. The zero-order valence-electron chi connectivity index (χ0n) is 19.5. The lowest BCUT2D eigenvalue weighted by Crippen LogP contribution is -2.55. The van der Waals surface area contributed by atoms with Crippen molar-refractivity contribution in [3.8, 4) is 0 Å². The van der Waals surface area contributed by atoms with Crippen molar-refractivity contribution in [3.63, 3.8) is 0 Å². The van der Waals surface area contributed by atoms with E-state index in [0.29, 0.717) is 6.42 Å². The summed E-state index contributed by atoms with van der Waals surface area (Å²) in [7, 11) is 0. The number of carboxylic acids is 1. The van der Waals surface area contributed by atoms with Crippen LogP contribution in [0.4, 0.5) is 0 Å². The quantitative estimate of drug-likeness (QED) is 0.218. The number of fused-ring (bicyclic) bond motifs is 1. The molecule has 0 fully saturated rings. The SMILES string of the molecule is CC(C)CC(N)C(=O)NC(Cc1c[nH]c2ccccc12)C(=O)NCC(=O)NC(C(=O)O)C(C)O. The molecule has 34 heavy (non-hydrogen) atoms. The van der Waals surface area contributed by atoms with Crippen LogP contribution in [0.2, 0.25) is 0 Å². The number of benzene rings is 1. The van der Waals surface area contributed by atoms with E-state index in [0.717, 1.165) is 16.5 Å². The Morgan fingerprint density at radius 3 is 2.35 bits per heavy atom. The second-order valence-corrected chi connectivity index (χ2v) is 8.70. The Bertz CT molecular complexity index is 1020. The molecular formula is C23H33N5O6. The predicted molar refractivity (Wildman–Crippen MR) is 126 cm³/mol. The summed E-state index contributed by atoms with van der Waals surface area (Å²) >= 11 is 0. The van der Waals surface area contributed by atoms with Crippen molar-refractivity contribution in [3.05, 3.63) is 36.0 Å².